The smallest absolute Gasteiger partial charge is 0.264 e. The van der Waals surface area contributed by atoms with E-state index in [4.69, 9.17) is 9.47 Å². The number of anilines is 1. The third kappa shape index (κ3) is 5.62. The van der Waals surface area contributed by atoms with Crippen molar-refractivity contribution in [1.82, 2.24) is 5.32 Å². The number of amides is 1. The number of ether oxygens (including phenoxy) is 2. The summed E-state index contributed by atoms with van der Waals surface area (Å²) in [5.74, 6) is -0.0359. The molecule has 1 aliphatic heterocycles. The summed E-state index contributed by atoms with van der Waals surface area (Å²) in [5, 5.41) is 2.73. The normalized spacial score (nSPS) is 15.6. The molecule has 1 aliphatic rings. The number of carbonyl (C=O) groups excluding carboxylic acids is 1. The van der Waals surface area contributed by atoms with Crippen LogP contribution in [0.4, 0.5) is 10.1 Å². The maximum Gasteiger partial charge on any atom is 0.264 e. The first-order valence-corrected chi connectivity index (χ1v) is 13.0. The van der Waals surface area contributed by atoms with Crippen molar-refractivity contribution in [2.75, 3.05) is 24.0 Å². The topological polar surface area (TPSA) is 84.9 Å². The minimum absolute atomic E-state index is 0.130. The lowest BCUT2D eigenvalue weighted by atomic mass is 9.86. The van der Waals surface area contributed by atoms with Crippen molar-refractivity contribution in [3.63, 3.8) is 0 Å². The van der Waals surface area contributed by atoms with Crippen molar-refractivity contribution in [3.8, 4) is 11.5 Å². The molecule has 1 atom stereocenters. The van der Waals surface area contributed by atoms with Crippen molar-refractivity contribution >= 4 is 21.6 Å². The van der Waals surface area contributed by atoms with E-state index in [0.29, 0.717) is 17.2 Å². The SMILES string of the molecule is CC(C)(C)c1ccc2c(c1)N(S(=O)(=O)c1ccccc1)CC(C(=O)NCCOc1ccc(F)cc1)O2. The minimum atomic E-state index is -3.95. The highest BCUT2D eigenvalue weighted by atomic mass is 32.2. The molecule has 7 nitrogen and oxygen atoms in total. The molecule has 0 saturated carbocycles. The Hall–Kier alpha value is -3.59. The van der Waals surface area contributed by atoms with Crippen LogP contribution in [0.25, 0.3) is 0 Å². The van der Waals surface area contributed by atoms with E-state index < -0.39 is 22.0 Å². The van der Waals surface area contributed by atoms with Gasteiger partial charge in [-0.25, -0.2) is 12.8 Å². The van der Waals surface area contributed by atoms with Gasteiger partial charge in [-0.15, -0.1) is 0 Å². The van der Waals surface area contributed by atoms with Crippen LogP contribution in [-0.4, -0.2) is 40.1 Å². The lowest BCUT2D eigenvalue weighted by Crippen LogP contribution is -2.51. The molecule has 1 N–H and O–H groups in total. The Morgan fingerprint density at radius 1 is 1.08 bits per heavy atom. The number of nitrogens with one attached hydrogen (secondary N) is 1. The van der Waals surface area contributed by atoms with E-state index in [0.717, 1.165) is 5.56 Å². The number of nitrogens with zero attached hydrogens (tertiary/aromatic N) is 1. The van der Waals surface area contributed by atoms with E-state index in [2.05, 4.69) is 5.32 Å². The first-order valence-electron chi connectivity index (χ1n) is 11.6. The molecular weight excluding hydrogens is 483 g/mol. The molecule has 1 amide bonds. The van der Waals surface area contributed by atoms with Gasteiger partial charge < -0.3 is 14.8 Å². The summed E-state index contributed by atoms with van der Waals surface area (Å²) in [7, 11) is -3.95. The lowest BCUT2D eigenvalue weighted by Gasteiger charge is -2.36. The summed E-state index contributed by atoms with van der Waals surface area (Å²) in [5.41, 5.74) is 1.13. The quantitative estimate of drug-likeness (QED) is 0.478. The molecule has 3 aromatic carbocycles. The summed E-state index contributed by atoms with van der Waals surface area (Å²) >= 11 is 0. The number of benzene rings is 3. The van der Waals surface area contributed by atoms with Crippen LogP contribution in [-0.2, 0) is 20.2 Å². The lowest BCUT2D eigenvalue weighted by molar-refractivity contribution is -0.127. The largest absolute Gasteiger partial charge is 0.492 e. The molecule has 0 fully saturated rings. The first-order chi connectivity index (χ1) is 17.1. The summed E-state index contributed by atoms with van der Waals surface area (Å²) in [6.45, 7) is 6.26. The molecular formula is C27H29FN2O5S. The molecule has 1 heterocycles. The molecule has 0 saturated heterocycles. The van der Waals surface area contributed by atoms with E-state index in [1.54, 1.807) is 30.3 Å². The Morgan fingerprint density at radius 3 is 2.44 bits per heavy atom. The molecule has 36 heavy (non-hydrogen) atoms. The number of sulfonamides is 1. The van der Waals surface area contributed by atoms with Gasteiger partial charge in [0.25, 0.3) is 15.9 Å². The molecule has 0 bridgehead atoms. The summed E-state index contributed by atoms with van der Waals surface area (Å²) in [4.78, 5) is 13.1. The summed E-state index contributed by atoms with van der Waals surface area (Å²) in [6.07, 6.45) is -1.05. The number of fused-ring (bicyclic) bond motifs is 1. The second kappa shape index (κ2) is 10.2. The maximum absolute atomic E-state index is 13.6. The average Bonchev–Trinajstić information content (AvgIpc) is 2.86. The van der Waals surface area contributed by atoms with Crippen molar-refractivity contribution in [2.45, 2.75) is 37.2 Å². The van der Waals surface area contributed by atoms with Gasteiger partial charge in [0.1, 0.15) is 23.9 Å². The van der Waals surface area contributed by atoms with E-state index in [1.165, 1.54) is 40.7 Å². The average molecular weight is 513 g/mol. The van der Waals surface area contributed by atoms with Gasteiger partial charge in [-0.2, -0.15) is 0 Å². The first kappa shape index (κ1) is 25.5. The number of hydrogen-bond donors (Lipinski definition) is 1. The fraction of sp³-hybridized carbons (Fsp3) is 0.296. The number of hydrogen-bond acceptors (Lipinski definition) is 5. The Morgan fingerprint density at radius 2 is 1.78 bits per heavy atom. The van der Waals surface area contributed by atoms with E-state index in [1.807, 2.05) is 26.8 Å². The van der Waals surface area contributed by atoms with E-state index in [9.17, 15) is 17.6 Å². The fourth-order valence-electron chi connectivity index (χ4n) is 3.79. The molecule has 0 radical (unpaired) electrons. The van der Waals surface area contributed by atoms with Crippen molar-refractivity contribution < 1.29 is 27.1 Å². The number of halogens is 1. The highest BCUT2D eigenvalue weighted by Crippen LogP contribution is 2.40. The van der Waals surface area contributed by atoms with Crippen LogP contribution in [0.3, 0.4) is 0 Å². The summed E-state index contributed by atoms with van der Waals surface area (Å²) in [6, 6.07) is 19.1. The van der Waals surface area contributed by atoms with Crippen LogP contribution >= 0.6 is 0 Å². The van der Waals surface area contributed by atoms with Gasteiger partial charge in [0, 0.05) is 0 Å². The van der Waals surface area contributed by atoms with Gasteiger partial charge in [0.2, 0.25) is 0 Å². The van der Waals surface area contributed by atoms with Crippen molar-refractivity contribution in [2.24, 2.45) is 0 Å². The molecule has 0 aromatic heterocycles. The Labute approximate surface area is 210 Å². The minimum Gasteiger partial charge on any atom is -0.492 e. The maximum atomic E-state index is 13.6. The van der Waals surface area contributed by atoms with Gasteiger partial charge in [-0.05, 0) is 59.5 Å². The van der Waals surface area contributed by atoms with Gasteiger partial charge in [0.15, 0.2) is 6.10 Å². The Balaban J connectivity index is 1.54. The molecule has 3 aromatic rings. The zero-order valence-corrected chi connectivity index (χ0v) is 21.2. The van der Waals surface area contributed by atoms with Crippen LogP contribution < -0.4 is 19.1 Å². The van der Waals surface area contributed by atoms with Gasteiger partial charge in [-0.3, -0.25) is 9.10 Å². The Bertz CT molecular complexity index is 1320. The molecule has 4 rings (SSSR count). The molecule has 0 aliphatic carbocycles. The molecule has 0 spiro atoms. The number of carbonyl (C=O) groups is 1. The molecule has 1 unspecified atom stereocenters. The predicted octanol–water partition coefficient (Wildman–Crippen LogP) is 4.27. The van der Waals surface area contributed by atoms with Crippen LogP contribution in [0.2, 0.25) is 0 Å². The van der Waals surface area contributed by atoms with Crippen molar-refractivity contribution in [1.29, 1.82) is 0 Å². The van der Waals surface area contributed by atoms with Gasteiger partial charge in [-0.1, -0.05) is 45.0 Å². The summed E-state index contributed by atoms with van der Waals surface area (Å²) < 4.78 is 52.9. The van der Waals surface area contributed by atoms with Crippen LogP contribution in [0.1, 0.15) is 26.3 Å². The van der Waals surface area contributed by atoms with Gasteiger partial charge in [0.05, 0.1) is 23.7 Å². The Kier molecular flexibility index (Phi) is 7.21. The molecule has 190 valence electrons. The van der Waals surface area contributed by atoms with Crippen LogP contribution in [0.5, 0.6) is 11.5 Å². The predicted molar refractivity (Wildman–Crippen MR) is 135 cm³/mol. The van der Waals surface area contributed by atoms with Crippen molar-refractivity contribution in [3.05, 3.63) is 84.2 Å². The van der Waals surface area contributed by atoms with E-state index in [-0.39, 0.29) is 35.8 Å². The van der Waals surface area contributed by atoms with E-state index >= 15 is 0 Å². The second-order valence-electron chi connectivity index (χ2n) is 9.48. The highest BCUT2D eigenvalue weighted by Gasteiger charge is 2.38. The second-order valence-corrected chi connectivity index (χ2v) is 11.3. The zero-order chi connectivity index (χ0) is 25.9. The zero-order valence-electron chi connectivity index (χ0n) is 20.4. The van der Waals surface area contributed by atoms with Crippen LogP contribution in [0.15, 0.2) is 77.7 Å². The van der Waals surface area contributed by atoms with Crippen LogP contribution in [0, 0.1) is 5.82 Å². The molecule has 9 heteroatoms. The van der Waals surface area contributed by atoms with Gasteiger partial charge >= 0.3 is 0 Å². The fourth-order valence-corrected chi connectivity index (χ4v) is 5.28. The third-order valence-electron chi connectivity index (χ3n) is 5.80. The number of rotatable bonds is 7. The highest BCUT2D eigenvalue weighted by molar-refractivity contribution is 7.92. The third-order valence-corrected chi connectivity index (χ3v) is 7.60. The standard InChI is InChI=1S/C27H29FN2O5S/c1-27(2,3)19-9-14-24-23(17-19)30(36(32,33)22-7-5-4-6-8-22)18-25(35-24)26(31)29-15-16-34-21-12-10-20(28)11-13-21/h4-14,17,25H,15-16,18H2,1-3H3,(H,29,31). The monoisotopic (exact) mass is 512 g/mol.